The fourth-order valence-corrected chi connectivity index (χ4v) is 1.84. The Morgan fingerprint density at radius 1 is 1.17 bits per heavy atom. The van der Waals surface area contributed by atoms with Gasteiger partial charge in [-0.25, -0.2) is 0 Å². The summed E-state index contributed by atoms with van der Waals surface area (Å²) < 4.78 is 2.05. The van der Waals surface area contributed by atoms with Crippen LogP contribution < -0.4 is 5.73 Å². The molecule has 0 radical (unpaired) electrons. The summed E-state index contributed by atoms with van der Waals surface area (Å²) in [6.07, 6.45) is 4.91. The maximum absolute atomic E-state index is 10.5. The first-order valence-corrected chi connectivity index (χ1v) is 5.77. The lowest BCUT2D eigenvalue weighted by Crippen LogP contribution is -2.02. The van der Waals surface area contributed by atoms with Crippen LogP contribution in [0.3, 0.4) is 0 Å². The van der Waals surface area contributed by atoms with E-state index in [1.165, 1.54) is 17.7 Å². The molecule has 5 nitrogen and oxygen atoms in total. The number of nitro benzene ring substituents is 1. The molecule has 0 saturated heterocycles. The average Bonchev–Trinajstić information content (AvgIpc) is 2.78. The van der Waals surface area contributed by atoms with Crippen molar-refractivity contribution in [3.63, 3.8) is 0 Å². The van der Waals surface area contributed by atoms with Gasteiger partial charge >= 0.3 is 0 Å². The Bertz CT molecular complexity index is 531. The van der Waals surface area contributed by atoms with Crippen molar-refractivity contribution in [2.24, 2.45) is 5.73 Å². The second kappa shape index (κ2) is 5.46. The Labute approximate surface area is 105 Å². The van der Waals surface area contributed by atoms with E-state index in [-0.39, 0.29) is 5.69 Å². The number of aromatic nitrogens is 1. The summed E-state index contributed by atoms with van der Waals surface area (Å²) in [5, 5.41) is 10.5. The highest BCUT2D eigenvalue weighted by molar-refractivity contribution is 5.33. The number of non-ortho nitro benzene ring substituents is 1. The largest absolute Gasteiger partial charge is 0.350 e. The smallest absolute Gasteiger partial charge is 0.269 e. The van der Waals surface area contributed by atoms with Crippen LogP contribution in [0.4, 0.5) is 5.69 Å². The number of hydrogen-bond donors (Lipinski definition) is 1. The van der Waals surface area contributed by atoms with E-state index in [2.05, 4.69) is 0 Å². The summed E-state index contributed by atoms with van der Waals surface area (Å²) in [6, 6.07) is 8.65. The van der Waals surface area contributed by atoms with Crippen LogP contribution in [-0.2, 0) is 13.0 Å². The molecule has 0 aliphatic carbocycles. The minimum Gasteiger partial charge on any atom is -0.350 e. The van der Waals surface area contributed by atoms with Gasteiger partial charge in [-0.1, -0.05) is 12.1 Å². The molecule has 0 saturated carbocycles. The van der Waals surface area contributed by atoms with Gasteiger partial charge in [-0.2, -0.15) is 0 Å². The van der Waals surface area contributed by atoms with Gasteiger partial charge in [-0.05, 0) is 30.2 Å². The molecule has 2 aromatic rings. The summed E-state index contributed by atoms with van der Waals surface area (Å²) in [6.45, 7) is 1.35. The molecule has 1 aromatic carbocycles. The van der Waals surface area contributed by atoms with Gasteiger partial charge in [0, 0.05) is 31.1 Å². The van der Waals surface area contributed by atoms with Crippen LogP contribution in [0.15, 0.2) is 42.7 Å². The molecule has 0 aliphatic heterocycles. The van der Waals surface area contributed by atoms with Crippen LogP contribution in [-0.4, -0.2) is 16.0 Å². The molecule has 0 spiro atoms. The van der Waals surface area contributed by atoms with Crippen LogP contribution in [0.2, 0.25) is 0 Å². The molecule has 0 unspecified atom stereocenters. The third-order valence-corrected chi connectivity index (χ3v) is 2.76. The van der Waals surface area contributed by atoms with Crippen molar-refractivity contribution in [3.8, 4) is 0 Å². The molecular formula is C13H15N3O2. The zero-order valence-corrected chi connectivity index (χ0v) is 9.95. The highest BCUT2D eigenvalue weighted by Gasteiger charge is 2.04. The SMILES string of the molecule is NCCc1ccn(Cc2ccc([N+](=O)[O-])cc2)c1. The van der Waals surface area contributed by atoms with E-state index in [9.17, 15) is 10.1 Å². The zero-order chi connectivity index (χ0) is 13.0. The van der Waals surface area contributed by atoms with Crippen molar-refractivity contribution in [1.82, 2.24) is 4.57 Å². The van der Waals surface area contributed by atoms with E-state index >= 15 is 0 Å². The zero-order valence-electron chi connectivity index (χ0n) is 9.95. The molecule has 1 aromatic heterocycles. The molecule has 5 heteroatoms. The van der Waals surface area contributed by atoms with Crippen LogP contribution in [0.1, 0.15) is 11.1 Å². The lowest BCUT2D eigenvalue weighted by atomic mass is 10.2. The monoisotopic (exact) mass is 245 g/mol. The fourth-order valence-electron chi connectivity index (χ4n) is 1.84. The Hall–Kier alpha value is -2.14. The van der Waals surface area contributed by atoms with Crippen LogP contribution in [0.25, 0.3) is 0 Å². The highest BCUT2D eigenvalue weighted by Crippen LogP contribution is 2.13. The predicted octanol–water partition coefficient (Wildman–Crippen LogP) is 1.95. The van der Waals surface area contributed by atoms with E-state index in [1.807, 2.05) is 23.0 Å². The van der Waals surface area contributed by atoms with Crippen molar-refractivity contribution in [1.29, 1.82) is 0 Å². The predicted molar refractivity (Wildman–Crippen MR) is 69.4 cm³/mol. The van der Waals surface area contributed by atoms with Crippen molar-refractivity contribution in [3.05, 3.63) is 64.0 Å². The lowest BCUT2D eigenvalue weighted by Gasteiger charge is -2.02. The summed E-state index contributed by atoms with van der Waals surface area (Å²) >= 11 is 0. The molecule has 0 atom stereocenters. The molecule has 0 amide bonds. The van der Waals surface area contributed by atoms with Gasteiger partial charge < -0.3 is 10.3 Å². The average molecular weight is 245 g/mol. The second-order valence-corrected chi connectivity index (χ2v) is 4.15. The normalized spacial score (nSPS) is 10.5. The molecule has 0 fully saturated rings. The minimum absolute atomic E-state index is 0.120. The minimum atomic E-state index is -0.390. The van der Waals surface area contributed by atoms with Crippen molar-refractivity contribution in [2.75, 3.05) is 6.54 Å². The number of nitro groups is 1. The van der Waals surface area contributed by atoms with Gasteiger partial charge in [0.2, 0.25) is 0 Å². The second-order valence-electron chi connectivity index (χ2n) is 4.15. The molecule has 18 heavy (non-hydrogen) atoms. The Balaban J connectivity index is 2.06. The quantitative estimate of drug-likeness (QED) is 0.646. The van der Waals surface area contributed by atoms with E-state index in [0.29, 0.717) is 13.1 Å². The number of rotatable bonds is 5. The lowest BCUT2D eigenvalue weighted by molar-refractivity contribution is -0.384. The van der Waals surface area contributed by atoms with Crippen LogP contribution >= 0.6 is 0 Å². The summed E-state index contributed by atoms with van der Waals surface area (Å²) in [5.74, 6) is 0. The van der Waals surface area contributed by atoms with Crippen molar-refractivity contribution < 1.29 is 4.92 Å². The first kappa shape index (κ1) is 12.3. The summed E-state index contributed by atoms with van der Waals surface area (Å²) in [7, 11) is 0. The van der Waals surface area contributed by atoms with Crippen LogP contribution in [0.5, 0.6) is 0 Å². The third-order valence-electron chi connectivity index (χ3n) is 2.76. The third kappa shape index (κ3) is 2.95. The topological polar surface area (TPSA) is 74.1 Å². The first-order chi connectivity index (χ1) is 8.69. The molecule has 94 valence electrons. The van der Waals surface area contributed by atoms with E-state index in [4.69, 9.17) is 5.73 Å². The molecular weight excluding hydrogens is 230 g/mol. The number of hydrogen-bond acceptors (Lipinski definition) is 3. The molecule has 0 bridgehead atoms. The number of nitrogens with zero attached hydrogens (tertiary/aromatic N) is 2. The Kier molecular flexibility index (Phi) is 3.74. The maximum atomic E-state index is 10.5. The van der Waals surface area contributed by atoms with Gasteiger partial charge in [0.1, 0.15) is 0 Å². The van der Waals surface area contributed by atoms with Gasteiger partial charge in [0.05, 0.1) is 4.92 Å². The first-order valence-electron chi connectivity index (χ1n) is 5.77. The van der Waals surface area contributed by atoms with E-state index < -0.39 is 4.92 Å². The van der Waals surface area contributed by atoms with Crippen LogP contribution in [0, 0.1) is 10.1 Å². The Morgan fingerprint density at radius 2 is 1.89 bits per heavy atom. The standard InChI is InChI=1S/C13H15N3O2/c14-7-5-12-6-8-15(10-12)9-11-1-3-13(4-2-11)16(17)18/h1-4,6,8,10H,5,7,9,14H2. The maximum Gasteiger partial charge on any atom is 0.269 e. The van der Waals surface area contributed by atoms with Crippen molar-refractivity contribution in [2.45, 2.75) is 13.0 Å². The highest BCUT2D eigenvalue weighted by atomic mass is 16.6. The molecule has 0 aliphatic rings. The fraction of sp³-hybridized carbons (Fsp3) is 0.231. The molecule has 1 heterocycles. The summed E-state index contributed by atoms with van der Waals surface area (Å²) in [5.41, 5.74) is 7.86. The van der Waals surface area contributed by atoms with Gasteiger partial charge in [0.15, 0.2) is 0 Å². The van der Waals surface area contributed by atoms with E-state index in [0.717, 1.165) is 12.0 Å². The molecule has 2 N–H and O–H groups in total. The molecule has 2 rings (SSSR count). The van der Waals surface area contributed by atoms with Gasteiger partial charge in [0.25, 0.3) is 5.69 Å². The summed E-state index contributed by atoms with van der Waals surface area (Å²) in [4.78, 5) is 10.1. The number of benzene rings is 1. The van der Waals surface area contributed by atoms with Gasteiger partial charge in [-0.3, -0.25) is 10.1 Å². The van der Waals surface area contributed by atoms with E-state index in [1.54, 1.807) is 12.1 Å². The number of nitrogens with two attached hydrogens (primary N) is 1. The van der Waals surface area contributed by atoms with Gasteiger partial charge in [-0.15, -0.1) is 0 Å². The van der Waals surface area contributed by atoms with Crippen molar-refractivity contribution >= 4 is 5.69 Å². The Morgan fingerprint density at radius 3 is 2.50 bits per heavy atom.